The van der Waals surface area contributed by atoms with Gasteiger partial charge in [-0.15, -0.1) is 0 Å². The minimum atomic E-state index is -0.373. The van der Waals surface area contributed by atoms with Gasteiger partial charge in [0.2, 0.25) is 5.91 Å². The lowest BCUT2D eigenvalue weighted by atomic mass is 10.1. The smallest absolute Gasteiger partial charge is 0.228 e. The van der Waals surface area contributed by atoms with Crippen LogP contribution in [-0.4, -0.2) is 5.91 Å². The summed E-state index contributed by atoms with van der Waals surface area (Å²) in [5.74, 6) is -0.606. The summed E-state index contributed by atoms with van der Waals surface area (Å²) >= 11 is 3.26. The number of hydrogen-bond acceptors (Lipinski definition) is 1. The first-order chi connectivity index (χ1) is 9.04. The first-order valence-electron chi connectivity index (χ1n) is 5.85. The average molecular weight is 322 g/mol. The molecular weight excluding hydrogens is 309 g/mol. The molecule has 19 heavy (non-hydrogen) atoms. The highest BCUT2D eigenvalue weighted by Crippen LogP contribution is 2.17. The van der Waals surface area contributed by atoms with Crippen LogP contribution in [0.15, 0.2) is 46.9 Å². The molecule has 98 valence electrons. The van der Waals surface area contributed by atoms with E-state index in [9.17, 15) is 9.18 Å². The number of aryl methyl sites for hydroxylation is 1. The molecule has 0 saturated carbocycles. The van der Waals surface area contributed by atoms with E-state index in [0.29, 0.717) is 5.56 Å². The van der Waals surface area contributed by atoms with Crippen molar-refractivity contribution in [3.05, 3.63) is 63.9 Å². The predicted molar refractivity (Wildman–Crippen MR) is 77.6 cm³/mol. The molecule has 0 aromatic heterocycles. The van der Waals surface area contributed by atoms with E-state index in [1.54, 1.807) is 12.1 Å². The van der Waals surface area contributed by atoms with Gasteiger partial charge in [0.1, 0.15) is 5.82 Å². The van der Waals surface area contributed by atoms with Gasteiger partial charge in [-0.3, -0.25) is 4.79 Å². The third kappa shape index (κ3) is 3.89. The van der Waals surface area contributed by atoms with Crippen LogP contribution in [0.25, 0.3) is 0 Å². The number of anilines is 1. The quantitative estimate of drug-likeness (QED) is 0.906. The van der Waals surface area contributed by atoms with Crippen LogP contribution in [0.5, 0.6) is 0 Å². The zero-order valence-electron chi connectivity index (χ0n) is 10.4. The van der Waals surface area contributed by atoms with E-state index in [2.05, 4.69) is 21.2 Å². The molecule has 2 aromatic rings. The Balaban J connectivity index is 2.07. The van der Waals surface area contributed by atoms with E-state index < -0.39 is 0 Å². The van der Waals surface area contributed by atoms with E-state index in [1.165, 1.54) is 6.07 Å². The fourth-order valence-corrected chi connectivity index (χ4v) is 2.19. The number of carbonyl (C=O) groups excluding carboxylic acids is 1. The van der Waals surface area contributed by atoms with Crippen molar-refractivity contribution in [2.24, 2.45) is 0 Å². The van der Waals surface area contributed by atoms with Crippen molar-refractivity contribution in [2.75, 3.05) is 5.32 Å². The Labute approximate surface area is 119 Å². The molecule has 2 rings (SSSR count). The van der Waals surface area contributed by atoms with Crippen molar-refractivity contribution in [3.63, 3.8) is 0 Å². The molecule has 0 atom stereocenters. The summed E-state index contributed by atoms with van der Waals surface area (Å²) in [5.41, 5.74) is 2.16. The molecule has 4 heteroatoms. The second kappa shape index (κ2) is 5.97. The van der Waals surface area contributed by atoms with Crippen LogP contribution in [0.1, 0.15) is 11.1 Å². The van der Waals surface area contributed by atoms with Crippen LogP contribution in [0.3, 0.4) is 0 Å². The molecule has 0 saturated heterocycles. The standard InChI is InChI=1S/C15H13BrFNO/c1-10-3-2-4-13(7-10)18-15(19)9-11-8-12(16)5-6-14(11)17/h2-8H,9H2,1H3,(H,18,19). The summed E-state index contributed by atoms with van der Waals surface area (Å²) in [6.45, 7) is 1.95. The zero-order valence-corrected chi connectivity index (χ0v) is 12.0. The van der Waals surface area contributed by atoms with Gasteiger partial charge in [-0.05, 0) is 48.4 Å². The molecule has 1 amide bonds. The van der Waals surface area contributed by atoms with Gasteiger partial charge in [0, 0.05) is 10.2 Å². The van der Waals surface area contributed by atoms with Crippen molar-refractivity contribution < 1.29 is 9.18 Å². The van der Waals surface area contributed by atoms with Crippen LogP contribution in [0.2, 0.25) is 0 Å². The highest BCUT2D eigenvalue weighted by Gasteiger charge is 2.09. The van der Waals surface area contributed by atoms with Crippen molar-refractivity contribution >= 4 is 27.5 Å². The van der Waals surface area contributed by atoms with E-state index in [4.69, 9.17) is 0 Å². The second-order valence-electron chi connectivity index (χ2n) is 4.33. The summed E-state index contributed by atoms with van der Waals surface area (Å²) in [6, 6.07) is 12.1. The largest absolute Gasteiger partial charge is 0.326 e. The minimum absolute atomic E-state index is 0.0131. The Kier molecular flexibility index (Phi) is 4.32. The topological polar surface area (TPSA) is 29.1 Å². The summed E-state index contributed by atoms with van der Waals surface area (Å²) < 4.78 is 14.3. The van der Waals surface area contributed by atoms with Crippen LogP contribution in [0.4, 0.5) is 10.1 Å². The Hall–Kier alpha value is -1.68. The Bertz CT molecular complexity index is 613. The first-order valence-corrected chi connectivity index (χ1v) is 6.64. The van der Waals surface area contributed by atoms with Crippen molar-refractivity contribution in [1.29, 1.82) is 0 Å². The van der Waals surface area contributed by atoms with Crippen LogP contribution in [0, 0.1) is 12.7 Å². The number of carbonyl (C=O) groups is 1. The van der Waals surface area contributed by atoms with E-state index in [-0.39, 0.29) is 18.1 Å². The van der Waals surface area contributed by atoms with Crippen molar-refractivity contribution in [1.82, 2.24) is 0 Å². The maximum absolute atomic E-state index is 13.5. The highest BCUT2D eigenvalue weighted by molar-refractivity contribution is 9.10. The van der Waals surface area contributed by atoms with Gasteiger partial charge in [0.25, 0.3) is 0 Å². The lowest BCUT2D eigenvalue weighted by Crippen LogP contribution is -2.15. The molecule has 2 nitrogen and oxygen atoms in total. The minimum Gasteiger partial charge on any atom is -0.326 e. The number of hydrogen-bond donors (Lipinski definition) is 1. The Morgan fingerprint density at radius 3 is 2.79 bits per heavy atom. The number of halogens is 2. The highest BCUT2D eigenvalue weighted by atomic mass is 79.9. The van der Waals surface area contributed by atoms with Gasteiger partial charge >= 0.3 is 0 Å². The fourth-order valence-electron chi connectivity index (χ4n) is 1.78. The van der Waals surface area contributed by atoms with Gasteiger partial charge in [0.05, 0.1) is 6.42 Å². The van der Waals surface area contributed by atoms with Crippen LogP contribution in [-0.2, 0) is 11.2 Å². The first kappa shape index (κ1) is 13.7. The molecule has 0 fully saturated rings. The number of benzene rings is 2. The van der Waals surface area contributed by atoms with Gasteiger partial charge < -0.3 is 5.32 Å². The summed E-state index contributed by atoms with van der Waals surface area (Å²) in [4.78, 5) is 11.9. The van der Waals surface area contributed by atoms with E-state index >= 15 is 0 Å². The molecule has 0 heterocycles. The van der Waals surface area contributed by atoms with E-state index in [0.717, 1.165) is 15.7 Å². The predicted octanol–water partition coefficient (Wildman–Crippen LogP) is 4.08. The van der Waals surface area contributed by atoms with Gasteiger partial charge in [-0.25, -0.2) is 4.39 Å². The maximum Gasteiger partial charge on any atom is 0.228 e. The fraction of sp³-hybridized carbons (Fsp3) is 0.133. The van der Waals surface area contributed by atoms with Crippen LogP contribution < -0.4 is 5.32 Å². The van der Waals surface area contributed by atoms with E-state index in [1.807, 2.05) is 31.2 Å². The van der Waals surface area contributed by atoms with Gasteiger partial charge in [-0.1, -0.05) is 28.1 Å². The molecule has 0 aliphatic heterocycles. The average Bonchev–Trinajstić information content (AvgIpc) is 2.34. The third-order valence-corrected chi connectivity index (χ3v) is 3.15. The Morgan fingerprint density at radius 2 is 2.05 bits per heavy atom. The lowest BCUT2D eigenvalue weighted by molar-refractivity contribution is -0.115. The van der Waals surface area contributed by atoms with Crippen molar-refractivity contribution in [3.8, 4) is 0 Å². The third-order valence-electron chi connectivity index (χ3n) is 2.66. The molecule has 0 aliphatic carbocycles. The molecule has 0 radical (unpaired) electrons. The molecule has 1 N–H and O–H groups in total. The summed E-state index contributed by atoms with van der Waals surface area (Å²) in [7, 11) is 0. The monoisotopic (exact) mass is 321 g/mol. The summed E-state index contributed by atoms with van der Waals surface area (Å²) in [6.07, 6.45) is 0.0131. The van der Waals surface area contributed by atoms with Crippen molar-refractivity contribution in [2.45, 2.75) is 13.3 Å². The SMILES string of the molecule is Cc1cccc(NC(=O)Cc2cc(Br)ccc2F)c1. The molecule has 0 bridgehead atoms. The zero-order chi connectivity index (χ0) is 13.8. The molecule has 0 aliphatic rings. The Morgan fingerprint density at radius 1 is 1.26 bits per heavy atom. The normalized spacial score (nSPS) is 10.3. The van der Waals surface area contributed by atoms with Crippen LogP contribution >= 0.6 is 15.9 Å². The van der Waals surface area contributed by atoms with Gasteiger partial charge in [-0.2, -0.15) is 0 Å². The number of nitrogens with one attached hydrogen (secondary N) is 1. The lowest BCUT2D eigenvalue weighted by Gasteiger charge is -2.07. The molecular formula is C15H13BrFNO. The van der Waals surface area contributed by atoms with Gasteiger partial charge in [0.15, 0.2) is 0 Å². The second-order valence-corrected chi connectivity index (χ2v) is 5.25. The molecule has 0 unspecified atom stereocenters. The number of rotatable bonds is 3. The summed E-state index contributed by atoms with van der Waals surface area (Å²) in [5, 5.41) is 2.76. The number of amides is 1. The maximum atomic E-state index is 13.5. The molecule has 0 spiro atoms. The molecule has 2 aromatic carbocycles.